The van der Waals surface area contributed by atoms with Crippen LogP contribution in [0.15, 0.2) is 42.5 Å². The molecule has 0 radical (unpaired) electrons. The van der Waals surface area contributed by atoms with Gasteiger partial charge in [-0.1, -0.05) is 23.7 Å². The van der Waals surface area contributed by atoms with Crippen LogP contribution in [0, 0.1) is 16.0 Å². The van der Waals surface area contributed by atoms with Gasteiger partial charge in [-0.2, -0.15) is 0 Å². The summed E-state index contributed by atoms with van der Waals surface area (Å²) in [6, 6.07) is 11.4. The summed E-state index contributed by atoms with van der Waals surface area (Å²) in [7, 11) is 0. The number of nitro benzene ring substituents is 1. The molecule has 1 aliphatic heterocycles. The van der Waals surface area contributed by atoms with Gasteiger partial charge in [0.15, 0.2) is 0 Å². The summed E-state index contributed by atoms with van der Waals surface area (Å²) >= 11 is 5.96. The molecular weight excluding hydrogens is 334 g/mol. The fourth-order valence-electron chi connectivity index (χ4n) is 2.59. The molecule has 24 heavy (non-hydrogen) atoms. The second kappa shape index (κ2) is 6.88. The molecule has 0 bridgehead atoms. The number of benzene rings is 2. The van der Waals surface area contributed by atoms with E-state index in [2.05, 4.69) is 0 Å². The molecule has 3 rings (SSSR count). The molecule has 1 heterocycles. The molecule has 0 unspecified atom stereocenters. The van der Waals surface area contributed by atoms with Crippen molar-refractivity contribution < 1.29 is 19.2 Å². The first-order valence-electron chi connectivity index (χ1n) is 7.35. The van der Waals surface area contributed by atoms with Crippen molar-refractivity contribution in [2.75, 3.05) is 6.61 Å². The van der Waals surface area contributed by atoms with E-state index in [0.717, 1.165) is 5.56 Å². The number of fused-ring (bicyclic) bond motifs is 1. The molecule has 2 aromatic carbocycles. The van der Waals surface area contributed by atoms with E-state index in [1.165, 1.54) is 6.07 Å². The molecule has 0 saturated carbocycles. The van der Waals surface area contributed by atoms with Gasteiger partial charge >= 0.3 is 5.97 Å². The Hall–Kier alpha value is -2.60. The van der Waals surface area contributed by atoms with Gasteiger partial charge in [0.05, 0.1) is 16.4 Å². The zero-order chi connectivity index (χ0) is 17.1. The summed E-state index contributed by atoms with van der Waals surface area (Å²) in [4.78, 5) is 22.7. The number of carbonyl (C=O) groups is 1. The Morgan fingerprint density at radius 3 is 2.92 bits per heavy atom. The molecule has 6 nitrogen and oxygen atoms in total. The lowest BCUT2D eigenvalue weighted by Crippen LogP contribution is -2.29. The number of nitrogens with zero attached hydrogens (tertiary/aromatic N) is 1. The maximum Gasteiger partial charge on any atom is 0.313 e. The van der Waals surface area contributed by atoms with Gasteiger partial charge in [-0.3, -0.25) is 14.9 Å². The van der Waals surface area contributed by atoms with Crippen LogP contribution in [0.2, 0.25) is 5.02 Å². The van der Waals surface area contributed by atoms with E-state index in [4.69, 9.17) is 21.1 Å². The second-order valence-corrected chi connectivity index (χ2v) is 5.89. The minimum absolute atomic E-state index is 0.0673. The van der Waals surface area contributed by atoms with Gasteiger partial charge in [-0.25, -0.2) is 0 Å². The third kappa shape index (κ3) is 3.49. The van der Waals surface area contributed by atoms with E-state index in [-0.39, 0.29) is 18.9 Å². The lowest BCUT2D eigenvalue weighted by atomic mass is 9.97. The van der Waals surface area contributed by atoms with Crippen molar-refractivity contribution in [2.24, 2.45) is 5.92 Å². The number of rotatable bonds is 4. The van der Waals surface area contributed by atoms with Crippen LogP contribution < -0.4 is 4.74 Å². The third-order valence-electron chi connectivity index (χ3n) is 3.82. The van der Waals surface area contributed by atoms with E-state index >= 15 is 0 Å². The first kappa shape index (κ1) is 16.3. The van der Waals surface area contributed by atoms with Gasteiger partial charge in [0.25, 0.3) is 5.69 Å². The lowest BCUT2D eigenvalue weighted by Gasteiger charge is -2.24. The van der Waals surface area contributed by atoms with Crippen LogP contribution in [-0.4, -0.2) is 17.5 Å². The zero-order valence-electron chi connectivity index (χ0n) is 12.6. The highest BCUT2D eigenvalue weighted by Crippen LogP contribution is 2.30. The predicted octanol–water partition coefficient (Wildman–Crippen LogP) is 3.54. The second-order valence-electron chi connectivity index (χ2n) is 5.46. The fourth-order valence-corrected chi connectivity index (χ4v) is 2.79. The average molecular weight is 348 g/mol. The Labute approximate surface area is 143 Å². The van der Waals surface area contributed by atoms with Gasteiger partial charge in [0.1, 0.15) is 19.0 Å². The highest BCUT2D eigenvalue weighted by Gasteiger charge is 2.28. The minimum atomic E-state index is -0.495. The van der Waals surface area contributed by atoms with E-state index < -0.39 is 16.8 Å². The van der Waals surface area contributed by atoms with Crippen molar-refractivity contribution in [1.82, 2.24) is 0 Å². The van der Waals surface area contributed by atoms with Crippen LogP contribution in [0.4, 0.5) is 5.69 Å². The molecule has 0 spiro atoms. The Bertz CT molecular complexity index is 792. The van der Waals surface area contributed by atoms with Crippen molar-refractivity contribution in [3.8, 4) is 5.75 Å². The van der Waals surface area contributed by atoms with Crippen LogP contribution >= 0.6 is 11.6 Å². The number of nitro groups is 1. The van der Waals surface area contributed by atoms with Gasteiger partial charge < -0.3 is 9.47 Å². The smallest absolute Gasteiger partial charge is 0.313 e. The highest BCUT2D eigenvalue weighted by molar-refractivity contribution is 6.30. The van der Waals surface area contributed by atoms with E-state index in [0.29, 0.717) is 22.8 Å². The van der Waals surface area contributed by atoms with Crippen molar-refractivity contribution >= 4 is 23.3 Å². The van der Waals surface area contributed by atoms with Crippen LogP contribution in [0.1, 0.15) is 11.1 Å². The first-order valence-corrected chi connectivity index (χ1v) is 7.72. The van der Waals surface area contributed by atoms with Crippen molar-refractivity contribution in [3.05, 3.63) is 68.7 Å². The van der Waals surface area contributed by atoms with Crippen molar-refractivity contribution in [1.29, 1.82) is 0 Å². The van der Waals surface area contributed by atoms with Crippen LogP contribution in [0.5, 0.6) is 5.75 Å². The monoisotopic (exact) mass is 347 g/mol. The summed E-state index contributed by atoms with van der Waals surface area (Å²) in [6.07, 6.45) is 0.464. The Balaban J connectivity index is 1.65. The number of para-hydroxylation sites is 1. The number of halogens is 1. The van der Waals surface area contributed by atoms with Gasteiger partial charge in [0, 0.05) is 11.1 Å². The highest BCUT2D eigenvalue weighted by atomic mass is 35.5. The molecule has 7 heteroatoms. The number of carbonyl (C=O) groups excluding carboxylic acids is 1. The Kier molecular flexibility index (Phi) is 4.66. The number of hydrogen-bond acceptors (Lipinski definition) is 5. The summed E-state index contributed by atoms with van der Waals surface area (Å²) in [5, 5.41) is 11.5. The van der Waals surface area contributed by atoms with Gasteiger partial charge in [-0.15, -0.1) is 0 Å². The standard InChI is InChI=1S/C17H14ClNO5/c18-14-5-6-16-12(8-14)7-13(10-23-16)17(20)24-9-11-3-1-2-4-15(11)19(21)22/h1-6,8,13H,7,9-10H2/t13-/m0/s1. The number of esters is 1. The molecule has 0 amide bonds. The number of hydrogen-bond donors (Lipinski definition) is 0. The van der Waals surface area contributed by atoms with E-state index in [1.54, 1.807) is 36.4 Å². The molecule has 124 valence electrons. The van der Waals surface area contributed by atoms with Crippen molar-refractivity contribution in [2.45, 2.75) is 13.0 Å². The summed E-state index contributed by atoms with van der Waals surface area (Å²) in [5.41, 5.74) is 1.14. The largest absolute Gasteiger partial charge is 0.492 e. The molecule has 1 atom stereocenters. The SMILES string of the molecule is O=C(OCc1ccccc1[N+](=O)[O-])[C@@H]1COc2ccc(Cl)cc2C1. The zero-order valence-corrected chi connectivity index (χ0v) is 13.4. The topological polar surface area (TPSA) is 78.7 Å². The average Bonchev–Trinajstić information content (AvgIpc) is 2.59. The summed E-state index contributed by atoms with van der Waals surface area (Å²) < 4.78 is 10.8. The minimum Gasteiger partial charge on any atom is -0.492 e. The van der Waals surface area contributed by atoms with Crippen LogP contribution in [0.3, 0.4) is 0 Å². The molecule has 2 aromatic rings. The van der Waals surface area contributed by atoms with Gasteiger partial charge in [0.2, 0.25) is 0 Å². The Morgan fingerprint density at radius 1 is 1.33 bits per heavy atom. The predicted molar refractivity (Wildman–Crippen MR) is 87.0 cm³/mol. The molecule has 0 aromatic heterocycles. The lowest BCUT2D eigenvalue weighted by molar-refractivity contribution is -0.385. The van der Waals surface area contributed by atoms with E-state index in [1.807, 2.05) is 0 Å². The number of ether oxygens (including phenoxy) is 2. The molecule has 1 aliphatic rings. The van der Waals surface area contributed by atoms with Crippen LogP contribution in [0.25, 0.3) is 0 Å². The van der Waals surface area contributed by atoms with Crippen LogP contribution in [-0.2, 0) is 22.6 Å². The first-order chi connectivity index (χ1) is 11.5. The summed E-state index contributed by atoms with van der Waals surface area (Å²) in [5.74, 6) is -0.195. The molecule has 0 aliphatic carbocycles. The quantitative estimate of drug-likeness (QED) is 0.480. The maximum atomic E-state index is 12.2. The molecule has 0 N–H and O–H groups in total. The van der Waals surface area contributed by atoms with Gasteiger partial charge in [-0.05, 0) is 36.2 Å². The van der Waals surface area contributed by atoms with Crippen molar-refractivity contribution in [3.63, 3.8) is 0 Å². The Morgan fingerprint density at radius 2 is 2.12 bits per heavy atom. The third-order valence-corrected chi connectivity index (χ3v) is 4.06. The van der Waals surface area contributed by atoms with E-state index in [9.17, 15) is 14.9 Å². The molecule has 0 saturated heterocycles. The fraction of sp³-hybridized carbons (Fsp3) is 0.235. The normalized spacial score (nSPS) is 16.0. The molecule has 0 fully saturated rings. The maximum absolute atomic E-state index is 12.2. The summed E-state index contributed by atoms with van der Waals surface area (Å²) in [6.45, 7) is 0.0687. The molecular formula is C17H14ClNO5.